The van der Waals surface area contributed by atoms with Gasteiger partial charge in [-0.05, 0) is 5.92 Å². The number of nitrogens with one attached hydrogen (secondary N) is 1. The van der Waals surface area contributed by atoms with Crippen LogP contribution < -0.4 is 5.32 Å². The molecule has 2 N–H and O–H groups in total. The molecule has 0 unspecified atom stereocenters. The second-order valence-corrected chi connectivity index (χ2v) is 3.00. The van der Waals surface area contributed by atoms with Gasteiger partial charge in [-0.2, -0.15) is 0 Å². The molecule has 11 heavy (non-hydrogen) atoms. The zero-order valence-electron chi connectivity index (χ0n) is 6.70. The van der Waals surface area contributed by atoms with E-state index in [1.807, 2.05) is 13.8 Å². The topological polar surface area (TPSA) is 58.6 Å². The van der Waals surface area contributed by atoms with Gasteiger partial charge in [-0.3, -0.25) is 10.1 Å². The Balaban J connectivity index is 2.52. The van der Waals surface area contributed by atoms with Gasteiger partial charge in [0.2, 0.25) is 0 Å². The summed E-state index contributed by atoms with van der Waals surface area (Å²) in [5.41, 5.74) is 0. The number of esters is 1. The Hall–Kier alpha value is -0.610. The molecule has 1 fully saturated rings. The lowest BCUT2D eigenvalue weighted by atomic mass is 10.1. The fourth-order valence-corrected chi connectivity index (χ4v) is 1.07. The number of aliphatic hydroxyl groups excluding tert-OH is 1. The molecule has 1 aliphatic rings. The lowest BCUT2D eigenvalue weighted by Crippen LogP contribution is -2.37. The highest BCUT2D eigenvalue weighted by molar-refractivity contribution is 5.78. The molecule has 1 saturated heterocycles. The molecule has 0 aromatic rings. The monoisotopic (exact) mass is 159 g/mol. The van der Waals surface area contributed by atoms with Crippen molar-refractivity contribution in [1.82, 2.24) is 5.32 Å². The van der Waals surface area contributed by atoms with E-state index < -0.39 is 6.23 Å². The number of carbonyl (C=O) groups excluding carboxylic acids is 1. The Morgan fingerprint density at radius 2 is 2.36 bits per heavy atom. The van der Waals surface area contributed by atoms with Gasteiger partial charge in [0.05, 0.1) is 6.61 Å². The molecule has 0 aliphatic carbocycles. The molecular weight excluding hydrogens is 146 g/mol. The second-order valence-electron chi connectivity index (χ2n) is 3.00. The van der Waals surface area contributed by atoms with Crippen molar-refractivity contribution in [2.24, 2.45) is 5.92 Å². The maximum Gasteiger partial charge on any atom is 0.325 e. The van der Waals surface area contributed by atoms with Gasteiger partial charge in [-0.25, -0.2) is 0 Å². The lowest BCUT2D eigenvalue weighted by Gasteiger charge is -2.09. The average molecular weight is 159 g/mol. The van der Waals surface area contributed by atoms with Gasteiger partial charge in [-0.1, -0.05) is 13.8 Å². The number of ether oxygens (including phenoxy) is 1. The third-order valence-corrected chi connectivity index (χ3v) is 1.71. The smallest absolute Gasteiger partial charge is 0.325 e. The largest absolute Gasteiger partial charge is 0.443 e. The van der Waals surface area contributed by atoms with Crippen molar-refractivity contribution in [2.75, 3.05) is 6.61 Å². The summed E-state index contributed by atoms with van der Waals surface area (Å²) in [6.45, 7) is 3.70. The minimum absolute atomic E-state index is 0.158. The van der Waals surface area contributed by atoms with Crippen LogP contribution in [0.4, 0.5) is 0 Å². The third-order valence-electron chi connectivity index (χ3n) is 1.71. The molecule has 4 nitrogen and oxygen atoms in total. The first-order valence-electron chi connectivity index (χ1n) is 3.72. The zero-order valence-corrected chi connectivity index (χ0v) is 6.70. The summed E-state index contributed by atoms with van der Waals surface area (Å²) in [6, 6.07) is -0.257. The van der Waals surface area contributed by atoms with E-state index in [0.29, 0.717) is 0 Å². The van der Waals surface area contributed by atoms with Crippen molar-refractivity contribution in [3.05, 3.63) is 0 Å². The van der Waals surface area contributed by atoms with E-state index in [1.165, 1.54) is 0 Å². The molecule has 0 aromatic carbocycles. The van der Waals surface area contributed by atoms with Crippen LogP contribution in [0.2, 0.25) is 0 Å². The number of hydrogen-bond acceptors (Lipinski definition) is 4. The van der Waals surface area contributed by atoms with Crippen LogP contribution in [0.5, 0.6) is 0 Å². The predicted octanol–water partition coefficient (Wildman–Crippen LogP) is -0.524. The molecule has 2 atom stereocenters. The van der Waals surface area contributed by atoms with Crippen LogP contribution in [0, 0.1) is 5.92 Å². The predicted molar refractivity (Wildman–Crippen MR) is 38.7 cm³/mol. The Morgan fingerprint density at radius 1 is 1.73 bits per heavy atom. The highest BCUT2D eigenvalue weighted by Crippen LogP contribution is 2.12. The van der Waals surface area contributed by atoms with Crippen LogP contribution in [0.25, 0.3) is 0 Å². The number of cyclic esters (lactones) is 1. The molecule has 0 bridgehead atoms. The van der Waals surface area contributed by atoms with Crippen LogP contribution in [0.1, 0.15) is 13.8 Å². The summed E-state index contributed by atoms with van der Waals surface area (Å²) in [5, 5.41) is 11.5. The Bertz CT molecular complexity index is 158. The molecule has 4 heteroatoms. The van der Waals surface area contributed by atoms with Gasteiger partial charge in [0, 0.05) is 0 Å². The summed E-state index contributed by atoms with van der Waals surface area (Å²) in [4.78, 5) is 11.0. The first-order valence-corrected chi connectivity index (χ1v) is 3.72. The maximum absolute atomic E-state index is 11.0. The minimum Gasteiger partial charge on any atom is -0.443 e. The van der Waals surface area contributed by atoms with Gasteiger partial charge in [0.15, 0.2) is 6.23 Å². The van der Waals surface area contributed by atoms with E-state index in [9.17, 15) is 4.79 Å². The van der Waals surface area contributed by atoms with Crippen molar-refractivity contribution in [3.8, 4) is 0 Å². The molecule has 1 heterocycles. The quantitative estimate of drug-likeness (QED) is 0.532. The molecule has 1 aliphatic heterocycles. The van der Waals surface area contributed by atoms with E-state index in [-0.39, 0.29) is 24.5 Å². The normalized spacial score (nSPS) is 31.1. The number of aliphatic hydroxyl groups is 1. The number of hydrogen-bond donors (Lipinski definition) is 2. The lowest BCUT2D eigenvalue weighted by molar-refractivity contribution is -0.144. The summed E-state index contributed by atoms with van der Waals surface area (Å²) in [5.74, 6) is -0.0573. The van der Waals surface area contributed by atoms with E-state index in [2.05, 4.69) is 5.32 Å². The molecule has 0 amide bonds. The molecule has 0 spiro atoms. The zero-order chi connectivity index (χ0) is 8.43. The van der Waals surface area contributed by atoms with Crippen molar-refractivity contribution in [2.45, 2.75) is 26.1 Å². The van der Waals surface area contributed by atoms with Gasteiger partial charge in [-0.15, -0.1) is 0 Å². The number of rotatable bonds is 2. The molecule has 1 rings (SSSR count). The van der Waals surface area contributed by atoms with Crippen LogP contribution in [-0.4, -0.2) is 30.0 Å². The van der Waals surface area contributed by atoms with E-state index in [0.717, 1.165) is 0 Å². The molecule has 0 radical (unpaired) electrons. The van der Waals surface area contributed by atoms with Crippen LogP contribution in [-0.2, 0) is 9.53 Å². The van der Waals surface area contributed by atoms with E-state index >= 15 is 0 Å². The first kappa shape index (κ1) is 8.49. The standard InChI is InChI=1S/C7H13NO3/c1-4(2)6-7(10)11-5(3-9)8-6/h4-6,8-9H,3H2,1-2H3/t5-,6-/m0/s1. The third kappa shape index (κ3) is 1.70. The van der Waals surface area contributed by atoms with Crippen LogP contribution in [0.3, 0.4) is 0 Å². The number of carbonyl (C=O) groups is 1. The maximum atomic E-state index is 11.0. The van der Waals surface area contributed by atoms with Crippen molar-refractivity contribution < 1.29 is 14.6 Å². The fourth-order valence-electron chi connectivity index (χ4n) is 1.07. The fraction of sp³-hybridized carbons (Fsp3) is 0.857. The van der Waals surface area contributed by atoms with E-state index in [1.54, 1.807) is 0 Å². The molecular formula is C7H13NO3. The van der Waals surface area contributed by atoms with Crippen molar-refractivity contribution in [1.29, 1.82) is 0 Å². The summed E-state index contributed by atoms with van der Waals surface area (Å²) in [7, 11) is 0. The van der Waals surface area contributed by atoms with Gasteiger partial charge >= 0.3 is 5.97 Å². The van der Waals surface area contributed by atoms with Gasteiger partial charge < -0.3 is 9.84 Å². The minimum atomic E-state index is -0.505. The van der Waals surface area contributed by atoms with Crippen LogP contribution >= 0.6 is 0 Å². The van der Waals surface area contributed by atoms with Gasteiger partial charge in [0.1, 0.15) is 6.04 Å². The van der Waals surface area contributed by atoms with E-state index in [4.69, 9.17) is 9.84 Å². The molecule has 0 saturated carbocycles. The SMILES string of the molecule is CC(C)[C@@H]1N[C@H](CO)OC1=O. The average Bonchev–Trinajstić information content (AvgIpc) is 2.30. The summed E-state index contributed by atoms with van der Waals surface area (Å²) < 4.78 is 4.78. The molecule has 64 valence electrons. The Labute approximate surface area is 65.5 Å². The Morgan fingerprint density at radius 3 is 2.64 bits per heavy atom. The first-order chi connectivity index (χ1) is 5.15. The highest BCUT2D eigenvalue weighted by Gasteiger charge is 2.34. The second kappa shape index (κ2) is 3.19. The van der Waals surface area contributed by atoms with Crippen LogP contribution in [0.15, 0.2) is 0 Å². The highest BCUT2D eigenvalue weighted by atomic mass is 16.6. The Kier molecular flexibility index (Phi) is 2.46. The van der Waals surface area contributed by atoms with Crippen molar-refractivity contribution >= 4 is 5.97 Å². The summed E-state index contributed by atoms with van der Waals surface area (Å²) in [6.07, 6.45) is -0.505. The van der Waals surface area contributed by atoms with Gasteiger partial charge in [0.25, 0.3) is 0 Å². The van der Waals surface area contributed by atoms with Crippen molar-refractivity contribution in [3.63, 3.8) is 0 Å². The summed E-state index contributed by atoms with van der Waals surface area (Å²) >= 11 is 0. The molecule has 0 aromatic heterocycles.